The van der Waals surface area contributed by atoms with Gasteiger partial charge in [0, 0.05) is 30.5 Å². The van der Waals surface area contributed by atoms with Crippen LogP contribution >= 0.6 is 12.4 Å². The Kier molecular flexibility index (Phi) is 8.00. The topological polar surface area (TPSA) is 99.7 Å². The van der Waals surface area contributed by atoms with Crippen LogP contribution in [0.3, 0.4) is 0 Å². The zero-order valence-corrected chi connectivity index (χ0v) is 17.5. The van der Waals surface area contributed by atoms with Gasteiger partial charge in [0.2, 0.25) is 0 Å². The normalized spacial score (nSPS) is 13.0. The van der Waals surface area contributed by atoms with Crippen molar-refractivity contribution in [1.29, 1.82) is 5.41 Å². The molecule has 8 heteroatoms. The number of hydrogen-bond acceptors (Lipinski definition) is 4. The van der Waals surface area contributed by atoms with Crippen LogP contribution in [-0.2, 0) is 9.53 Å². The average Bonchev–Trinajstić information content (AvgIpc) is 2.73. The summed E-state index contributed by atoms with van der Waals surface area (Å²) < 4.78 is 4.92. The lowest BCUT2D eigenvalue weighted by molar-refractivity contribution is -0.143. The Bertz CT molecular complexity index is 926. The summed E-state index contributed by atoms with van der Waals surface area (Å²) >= 11 is 0. The fourth-order valence-corrected chi connectivity index (χ4v) is 3.08. The Balaban J connectivity index is 0.00000320. The molecule has 0 bridgehead atoms. The molecule has 0 aromatic heterocycles. The van der Waals surface area contributed by atoms with E-state index >= 15 is 0 Å². The van der Waals surface area contributed by atoms with E-state index in [0.29, 0.717) is 18.7 Å². The van der Waals surface area contributed by atoms with Crippen LogP contribution in [0, 0.1) is 5.41 Å². The smallest absolute Gasteiger partial charge is 0.328 e. The Morgan fingerprint density at radius 2 is 1.70 bits per heavy atom. The number of rotatable bonds is 7. The molecule has 158 valence electrons. The first-order valence-electron chi connectivity index (χ1n) is 9.45. The van der Waals surface area contributed by atoms with Crippen molar-refractivity contribution < 1.29 is 14.3 Å². The number of nitrogens with one attached hydrogen (secondary N) is 1. The average molecular weight is 429 g/mol. The number of esters is 1. The van der Waals surface area contributed by atoms with Crippen molar-refractivity contribution >= 4 is 35.9 Å². The molecular formula is C22H25ClN4O3. The molecule has 0 spiro atoms. The minimum absolute atomic E-state index is 0. The van der Waals surface area contributed by atoms with Crippen molar-refractivity contribution in [3.05, 3.63) is 66.4 Å². The number of nitrogens with zero attached hydrogens (tertiary/aromatic N) is 2. The minimum atomic E-state index is -0.314. The number of nitrogens with two attached hydrogens (primary N) is 1. The summed E-state index contributed by atoms with van der Waals surface area (Å²) in [4.78, 5) is 27.5. The van der Waals surface area contributed by atoms with Crippen molar-refractivity contribution in [2.24, 2.45) is 5.73 Å². The maximum Gasteiger partial charge on any atom is 0.328 e. The maximum atomic E-state index is 12.8. The van der Waals surface area contributed by atoms with Crippen LogP contribution in [0.2, 0.25) is 0 Å². The van der Waals surface area contributed by atoms with E-state index < -0.39 is 0 Å². The van der Waals surface area contributed by atoms with E-state index in [-0.39, 0.29) is 43.2 Å². The van der Waals surface area contributed by atoms with Gasteiger partial charge in [-0.05, 0) is 36.3 Å². The molecule has 7 nitrogen and oxygen atoms in total. The van der Waals surface area contributed by atoms with Gasteiger partial charge in [-0.25, -0.2) is 4.79 Å². The molecule has 0 aliphatic carbocycles. The lowest BCUT2D eigenvalue weighted by atomic mass is 10.0. The highest BCUT2D eigenvalue weighted by Crippen LogP contribution is 2.25. The second-order valence-corrected chi connectivity index (χ2v) is 6.56. The molecular weight excluding hydrogens is 404 g/mol. The number of carbonyl (C=O) groups excluding carboxylic acids is 2. The Morgan fingerprint density at radius 1 is 1.10 bits per heavy atom. The standard InChI is InChI=1S/C22H24N4O3.ClH/c1-2-29-20(27)12-15-25-13-3-14-26(22(25)28)19-10-8-17(9-11-19)16-4-6-18(7-5-16)21(23)24;/h3-11,13H,2,12,14-15H2,1H3,(H3,23,24);1H. The van der Waals surface area contributed by atoms with Crippen LogP contribution < -0.4 is 10.6 Å². The number of urea groups is 1. The van der Waals surface area contributed by atoms with Gasteiger partial charge in [-0.2, -0.15) is 0 Å². The highest BCUT2D eigenvalue weighted by Gasteiger charge is 2.24. The van der Waals surface area contributed by atoms with Gasteiger partial charge in [-0.3, -0.25) is 15.1 Å². The molecule has 1 aliphatic heterocycles. The zero-order valence-electron chi connectivity index (χ0n) is 16.7. The molecule has 30 heavy (non-hydrogen) atoms. The van der Waals surface area contributed by atoms with E-state index in [1.54, 1.807) is 18.0 Å². The number of amides is 2. The second kappa shape index (κ2) is 10.5. The SMILES string of the molecule is CCOC(=O)CCN1C=CCN(c2ccc(-c3ccc(C(=N)N)cc3)cc2)C1=O.Cl. The predicted octanol–water partition coefficient (Wildman–Crippen LogP) is 3.77. The summed E-state index contributed by atoms with van der Waals surface area (Å²) in [6.45, 7) is 2.85. The van der Waals surface area contributed by atoms with E-state index in [9.17, 15) is 9.59 Å². The van der Waals surface area contributed by atoms with Crippen LogP contribution in [0.15, 0.2) is 60.8 Å². The van der Waals surface area contributed by atoms with Crippen molar-refractivity contribution in [2.45, 2.75) is 13.3 Å². The predicted molar refractivity (Wildman–Crippen MR) is 120 cm³/mol. The van der Waals surface area contributed by atoms with Gasteiger partial charge in [0.15, 0.2) is 0 Å². The Labute approximate surface area is 182 Å². The van der Waals surface area contributed by atoms with Crippen molar-refractivity contribution in [2.75, 3.05) is 24.6 Å². The van der Waals surface area contributed by atoms with Crippen LogP contribution in [0.25, 0.3) is 11.1 Å². The van der Waals surface area contributed by atoms with Crippen LogP contribution in [0.5, 0.6) is 0 Å². The molecule has 0 atom stereocenters. The summed E-state index contributed by atoms with van der Waals surface area (Å²) in [5.74, 6) is -0.276. The fraction of sp³-hybridized carbons (Fsp3) is 0.227. The lowest BCUT2D eigenvalue weighted by Gasteiger charge is -2.31. The number of halogens is 1. The van der Waals surface area contributed by atoms with Gasteiger partial charge in [0.25, 0.3) is 0 Å². The fourth-order valence-electron chi connectivity index (χ4n) is 3.08. The second-order valence-electron chi connectivity index (χ2n) is 6.56. The molecule has 0 fully saturated rings. The summed E-state index contributed by atoms with van der Waals surface area (Å²) in [6.07, 6.45) is 3.76. The molecule has 2 amide bonds. The summed E-state index contributed by atoms with van der Waals surface area (Å²) in [5.41, 5.74) is 8.96. The Hall–Kier alpha value is -3.32. The molecule has 2 aromatic rings. The van der Waals surface area contributed by atoms with Crippen molar-refractivity contribution in [3.63, 3.8) is 0 Å². The van der Waals surface area contributed by atoms with Crippen molar-refractivity contribution in [3.8, 4) is 11.1 Å². The molecule has 3 rings (SSSR count). The van der Waals surface area contributed by atoms with E-state index in [0.717, 1.165) is 16.8 Å². The van der Waals surface area contributed by atoms with Gasteiger partial charge in [0.1, 0.15) is 5.84 Å². The highest BCUT2D eigenvalue weighted by atomic mass is 35.5. The third-order valence-electron chi connectivity index (χ3n) is 4.62. The van der Waals surface area contributed by atoms with E-state index in [4.69, 9.17) is 15.9 Å². The van der Waals surface area contributed by atoms with E-state index in [1.165, 1.54) is 4.90 Å². The zero-order chi connectivity index (χ0) is 20.8. The number of anilines is 1. The van der Waals surface area contributed by atoms with Crippen LogP contribution in [0.4, 0.5) is 10.5 Å². The number of benzene rings is 2. The number of nitrogen functional groups attached to an aromatic ring is 1. The van der Waals surface area contributed by atoms with Gasteiger partial charge in [-0.15, -0.1) is 12.4 Å². The largest absolute Gasteiger partial charge is 0.466 e. The van der Waals surface area contributed by atoms with Gasteiger partial charge >= 0.3 is 12.0 Å². The molecule has 0 saturated heterocycles. The molecule has 1 aliphatic rings. The number of carbonyl (C=O) groups is 2. The quantitative estimate of drug-likeness (QED) is 0.398. The molecule has 3 N–H and O–H groups in total. The summed E-state index contributed by atoms with van der Waals surface area (Å²) in [7, 11) is 0. The summed E-state index contributed by atoms with van der Waals surface area (Å²) in [5, 5.41) is 7.47. The molecule has 2 aromatic carbocycles. The third-order valence-corrected chi connectivity index (χ3v) is 4.62. The minimum Gasteiger partial charge on any atom is -0.466 e. The van der Waals surface area contributed by atoms with Gasteiger partial charge in [0.05, 0.1) is 13.0 Å². The monoisotopic (exact) mass is 428 g/mol. The number of amidine groups is 1. The first-order valence-corrected chi connectivity index (χ1v) is 9.45. The molecule has 0 radical (unpaired) electrons. The van der Waals surface area contributed by atoms with E-state index in [1.807, 2.05) is 54.6 Å². The number of hydrogen-bond donors (Lipinski definition) is 2. The first-order chi connectivity index (χ1) is 14.0. The summed E-state index contributed by atoms with van der Waals surface area (Å²) in [6, 6.07) is 15.0. The maximum absolute atomic E-state index is 12.8. The molecule has 0 unspecified atom stereocenters. The Morgan fingerprint density at radius 3 is 2.27 bits per heavy atom. The van der Waals surface area contributed by atoms with Crippen LogP contribution in [-0.4, -0.2) is 42.4 Å². The molecule has 0 saturated carbocycles. The van der Waals surface area contributed by atoms with Crippen LogP contribution in [0.1, 0.15) is 18.9 Å². The van der Waals surface area contributed by atoms with E-state index in [2.05, 4.69) is 0 Å². The lowest BCUT2D eigenvalue weighted by Crippen LogP contribution is -2.44. The first kappa shape index (κ1) is 23.0. The van der Waals surface area contributed by atoms with Crippen molar-refractivity contribution in [1.82, 2.24) is 4.90 Å². The van der Waals surface area contributed by atoms with Gasteiger partial charge < -0.3 is 15.4 Å². The number of ether oxygens (including phenoxy) is 1. The van der Waals surface area contributed by atoms with Gasteiger partial charge in [-0.1, -0.05) is 36.4 Å². The third kappa shape index (κ3) is 5.39. The molecule has 1 heterocycles. The highest BCUT2D eigenvalue weighted by molar-refractivity contribution is 5.96.